The molecule has 6 rings (SSSR count). The first kappa shape index (κ1) is 18.7. The minimum absolute atomic E-state index is 0.125. The number of furan rings is 1. The molecule has 0 atom stereocenters. The first-order valence-corrected chi connectivity index (χ1v) is 10.6. The second-order valence-electron chi connectivity index (χ2n) is 7.51. The van der Waals surface area contributed by atoms with Crippen molar-refractivity contribution in [2.75, 3.05) is 0 Å². The fourth-order valence-corrected chi connectivity index (χ4v) is 4.14. The molecule has 0 saturated heterocycles. The van der Waals surface area contributed by atoms with Crippen molar-refractivity contribution < 1.29 is 4.42 Å². The quantitative estimate of drug-likeness (QED) is 0.291. The van der Waals surface area contributed by atoms with Crippen molar-refractivity contribution in [1.82, 2.24) is 15.0 Å². The van der Waals surface area contributed by atoms with Gasteiger partial charge in [-0.25, -0.2) is 4.98 Å². The maximum absolute atomic E-state index is 6.32. The van der Waals surface area contributed by atoms with E-state index in [2.05, 4.69) is 46.4 Å². The van der Waals surface area contributed by atoms with Crippen LogP contribution in [0, 0.1) is 0 Å². The summed E-state index contributed by atoms with van der Waals surface area (Å²) in [7, 11) is 0. The summed E-state index contributed by atoms with van der Waals surface area (Å²) in [6.45, 7) is 0. The smallest absolute Gasteiger partial charge is 0.226 e. The molecule has 0 unspecified atom stereocenters. The summed E-state index contributed by atoms with van der Waals surface area (Å²) in [4.78, 5) is 13.5. The molecule has 0 spiro atoms. The van der Waals surface area contributed by atoms with Crippen molar-refractivity contribution in [3.05, 3.63) is 102 Å². The molecule has 0 amide bonds. The van der Waals surface area contributed by atoms with Crippen LogP contribution in [0.3, 0.4) is 0 Å². The summed E-state index contributed by atoms with van der Waals surface area (Å²) in [6.07, 6.45) is 0. The number of hydrogen-bond acceptors (Lipinski definition) is 4. The zero-order valence-corrected chi connectivity index (χ0v) is 17.6. The molecule has 32 heavy (non-hydrogen) atoms. The van der Waals surface area contributed by atoms with Gasteiger partial charge in [-0.2, -0.15) is 9.97 Å². The molecule has 4 aromatic carbocycles. The second-order valence-corrected chi connectivity index (χ2v) is 7.85. The van der Waals surface area contributed by atoms with Gasteiger partial charge in [0, 0.05) is 10.9 Å². The Morgan fingerprint density at radius 3 is 2.16 bits per heavy atom. The molecule has 6 aromatic rings. The predicted octanol–water partition coefficient (Wildman–Crippen LogP) is 7.43. The predicted molar refractivity (Wildman–Crippen MR) is 128 cm³/mol. The highest BCUT2D eigenvalue weighted by Crippen LogP contribution is 2.34. The van der Waals surface area contributed by atoms with E-state index in [9.17, 15) is 0 Å². The minimum Gasteiger partial charge on any atom is -0.453 e. The highest BCUT2D eigenvalue weighted by atomic mass is 35.5. The maximum atomic E-state index is 6.32. The van der Waals surface area contributed by atoms with Crippen LogP contribution in [0.15, 0.2) is 101 Å². The molecule has 152 valence electrons. The number of nitrogens with zero attached hydrogens (tertiary/aromatic N) is 3. The Balaban J connectivity index is 1.55. The molecule has 0 aliphatic rings. The molecule has 4 nitrogen and oxygen atoms in total. The lowest BCUT2D eigenvalue weighted by Crippen LogP contribution is -1.97. The molecule has 0 aliphatic heterocycles. The molecular formula is C27H16ClN3O. The van der Waals surface area contributed by atoms with E-state index in [1.54, 1.807) is 0 Å². The van der Waals surface area contributed by atoms with Gasteiger partial charge in [0.05, 0.1) is 0 Å². The van der Waals surface area contributed by atoms with Crippen LogP contribution >= 0.6 is 11.6 Å². The van der Waals surface area contributed by atoms with E-state index in [-0.39, 0.29) is 5.28 Å². The summed E-state index contributed by atoms with van der Waals surface area (Å²) in [5.74, 6) is 1.47. The minimum atomic E-state index is 0.125. The maximum Gasteiger partial charge on any atom is 0.226 e. The molecule has 2 heterocycles. The van der Waals surface area contributed by atoms with E-state index in [0.29, 0.717) is 17.4 Å². The average Bonchev–Trinajstić information content (AvgIpc) is 3.28. The highest BCUT2D eigenvalue weighted by Gasteiger charge is 2.15. The van der Waals surface area contributed by atoms with Gasteiger partial charge in [0.2, 0.25) is 11.1 Å². The van der Waals surface area contributed by atoms with Crippen LogP contribution < -0.4 is 0 Å². The van der Waals surface area contributed by atoms with Crippen LogP contribution in [0.4, 0.5) is 0 Å². The molecule has 5 heteroatoms. The van der Waals surface area contributed by atoms with E-state index in [1.807, 2.05) is 60.7 Å². The SMILES string of the molecule is Clc1nc(-c2cc(-c3ccccc3)c3ccccc3c2)nc(-c2cc3ccccc3o2)n1. The molecule has 0 fully saturated rings. The van der Waals surface area contributed by atoms with Gasteiger partial charge in [0.15, 0.2) is 11.6 Å². The standard InChI is InChI=1S/C27H16ClN3O/c28-27-30-25(29-26(31-27)24-16-19-11-5-7-13-23(19)32-24)20-14-18-10-4-6-12-21(18)22(15-20)17-8-2-1-3-9-17/h1-16H. The topological polar surface area (TPSA) is 51.8 Å². The van der Waals surface area contributed by atoms with Gasteiger partial charge >= 0.3 is 0 Å². The normalized spacial score (nSPS) is 11.3. The Kier molecular flexibility index (Phi) is 4.44. The van der Waals surface area contributed by atoms with Gasteiger partial charge in [0.1, 0.15) is 5.58 Å². The summed E-state index contributed by atoms with van der Waals surface area (Å²) < 4.78 is 5.95. The number of rotatable bonds is 3. The fraction of sp³-hybridized carbons (Fsp3) is 0. The third kappa shape index (κ3) is 3.31. The third-order valence-corrected chi connectivity index (χ3v) is 5.63. The lowest BCUT2D eigenvalue weighted by atomic mass is 9.95. The van der Waals surface area contributed by atoms with E-state index in [1.165, 1.54) is 5.39 Å². The Morgan fingerprint density at radius 2 is 1.31 bits per heavy atom. The van der Waals surface area contributed by atoms with Crippen molar-refractivity contribution >= 4 is 33.3 Å². The fourth-order valence-electron chi connectivity index (χ4n) is 3.98. The summed E-state index contributed by atoms with van der Waals surface area (Å²) >= 11 is 6.32. The molecule has 0 saturated carbocycles. The molecular weight excluding hydrogens is 418 g/mol. The summed E-state index contributed by atoms with van der Waals surface area (Å²) in [6, 6.07) is 32.5. The molecule has 0 radical (unpaired) electrons. The van der Waals surface area contributed by atoms with Crippen LogP contribution in [0.25, 0.3) is 55.8 Å². The third-order valence-electron chi connectivity index (χ3n) is 5.46. The second kappa shape index (κ2) is 7.59. The lowest BCUT2D eigenvalue weighted by Gasteiger charge is -2.11. The van der Waals surface area contributed by atoms with Crippen molar-refractivity contribution in [3.8, 4) is 34.1 Å². The molecule has 0 aliphatic carbocycles. The van der Waals surface area contributed by atoms with Gasteiger partial charge in [-0.15, -0.1) is 0 Å². The summed E-state index contributed by atoms with van der Waals surface area (Å²) in [5.41, 5.74) is 3.88. The first-order valence-electron chi connectivity index (χ1n) is 10.2. The Bertz CT molecular complexity index is 1560. The van der Waals surface area contributed by atoms with Crippen LogP contribution in [-0.2, 0) is 0 Å². The number of benzene rings is 4. The van der Waals surface area contributed by atoms with E-state index in [4.69, 9.17) is 21.0 Å². The zero-order valence-electron chi connectivity index (χ0n) is 16.9. The van der Waals surface area contributed by atoms with E-state index in [0.717, 1.165) is 33.0 Å². The lowest BCUT2D eigenvalue weighted by molar-refractivity contribution is 0.624. The highest BCUT2D eigenvalue weighted by molar-refractivity contribution is 6.28. The Morgan fingerprint density at radius 1 is 0.594 bits per heavy atom. The van der Waals surface area contributed by atoms with E-state index < -0.39 is 0 Å². The van der Waals surface area contributed by atoms with Gasteiger partial charge in [0.25, 0.3) is 0 Å². The number of fused-ring (bicyclic) bond motifs is 2. The van der Waals surface area contributed by atoms with Gasteiger partial charge < -0.3 is 4.42 Å². The van der Waals surface area contributed by atoms with Crippen molar-refractivity contribution in [2.45, 2.75) is 0 Å². The van der Waals surface area contributed by atoms with E-state index >= 15 is 0 Å². The van der Waals surface area contributed by atoms with Crippen molar-refractivity contribution in [1.29, 1.82) is 0 Å². The van der Waals surface area contributed by atoms with Crippen LogP contribution in [-0.4, -0.2) is 15.0 Å². The van der Waals surface area contributed by atoms with Crippen molar-refractivity contribution in [2.24, 2.45) is 0 Å². The van der Waals surface area contributed by atoms with Crippen LogP contribution in [0.1, 0.15) is 0 Å². The van der Waals surface area contributed by atoms with Crippen molar-refractivity contribution in [3.63, 3.8) is 0 Å². The monoisotopic (exact) mass is 433 g/mol. The number of aromatic nitrogens is 3. The average molecular weight is 434 g/mol. The molecule has 0 bridgehead atoms. The van der Waals surface area contributed by atoms with Crippen LogP contribution in [0.5, 0.6) is 0 Å². The first-order chi connectivity index (χ1) is 15.7. The van der Waals surface area contributed by atoms with Crippen LogP contribution in [0.2, 0.25) is 5.28 Å². The summed E-state index contributed by atoms with van der Waals surface area (Å²) in [5, 5.41) is 3.38. The number of hydrogen-bond donors (Lipinski definition) is 0. The van der Waals surface area contributed by atoms with Gasteiger partial charge in [-0.05, 0) is 57.8 Å². The largest absolute Gasteiger partial charge is 0.453 e. The molecule has 2 aromatic heterocycles. The Hall–Kier alpha value is -4.02. The zero-order chi connectivity index (χ0) is 21.5. The number of para-hydroxylation sites is 1. The molecule has 0 N–H and O–H groups in total. The van der Waals surface area contributed by atoms with Gasteiger partial charge in [-0.3, -0.25) is 0 Å². The van der Waals surface area contributed by atoms with Gasteiger partial charge in [-0.1, -0.05) is 72.8 Å². The number of halogens is 1. The Labute approximate surface area is 189 Å².